The van der Waals surface area contributed by atoms with E-state index in [-0.39, 0.29) is 5.69 Å². The molecule has 152 valence electrons. The third kappa shape index (κ3) is 4.86. The van der Waals surface area contributed by atoms with Gasteiger partial charge in [0.1, 0.15) is 11.4 Å². The zero-order chi connectivity index (χ0) is 21.1. The number of anilines is 1. The number of alkyl halides is 2. The molecule has 1 heterocycles. The first kappa shape index (κ1) is 21.4. The standard InChI is InChI=1S/C19H22F2N2O5/c1-18(2,3)28-17(26)23-11-5-6-14(23)15(24)19(20,21)16(25)22-12-7-9-13(27-4)10-8-12/h5-11,15,24H,1-4H3,(H,22,25). The topological polar surface area (TPSA) is 89.8 Å². The summed E-state index contributed by atoms with van der Waals surface area (Å²) in [5, 5.41) is 12.2. The van der Waals surface area contributed by atoms with Crippen molar-refractivity contribution in [2.24, 2.45) is 0 Å². The molecule has 1 aromatic carbocycles. The molecular formula is C19H22F2N2O5. The van der Waals surface area contributed by atoms with Gasteiger partial charge in [0.25, 0.3) is 5.91 Å². The summed E-state index contributed by atoms with van der Waals surface area (Å²) >= 11 is 0. The Bertz CT molecular complexity index is 841. The molecule has 7 nitrogen and oxygen atoms in total. The number of halogens is 2. The molecule has 0 fully saturated rings. The molecule has 1 unspecified atom stereocenters. The number of amides is 1. The minimum Gasteiger partial charge on any atom is -0.497 e. The minimum absolute atomic E-state index is 0.0974. The van der Waals surface area contributed by atoms with Crippen molar-refractivity contribution >= 4 is 17.7 Å². The lowest BCUT2D eigenvalue weighted by Gasteiger charge is -2.24. The monoisotopic (exact) mass is 396 g/mol. The van der Waals surface area contributed by atoms with Crippen LogP contribution in [0.3, 0.4) is 0 Å². The van der Waals surface area contributed by atoms with Gasteiger partial charge in [0.05, 0.1) is 12.8 Å². The number of benzene rings is 1. The van der Waals surface area contributed by atoms with Gasteiger partial charge in [-0.2, -0.15) is 8.78 Å². The van der Waals surface area contributed by atoms with E-state index in [1.165, 1.54) is 43.6 Å². The second kappa shape index (κ2) is 7.97. The van der Waals surface area contributed by atoms with Gasteiger partial charge in [-0.3, -0.25) is 9.36 Å². The SMILES string of the molecule is COc1ccc(NC(=O)C(F)(F)C(O)c2cccn2C(=O)OC(C)(C)C)cc1. The van der Waals surface area contributed by atoms with Crippen LogP contribution in [0.4, 0.5) is 19.3 Å². The van der Waals surface area contributed by atoms with Crippen molar-refractivity contribution in [1.29, 1.82) is 0 Å². The van der Waals surface area contributed by atoms with Gasteiger partial charge in [-0.05, 0) is 57.2 Å². The highest BCUT2D eigenvalue weighted by atomic mass is 19.3. The number of carbonyl (C=O) groups excluding carboxylic acids is 2. The molecule has 0 spiro atoms. The van der Waals surface area contributed by atoms with E-state index in [2.05, 4.69) is 0 Å². The number of ether oxygens (including phenoxy) is 2. The Morgan fingerprint density at radius 2 is 1.75 bits per heavy atom. The molecule has 0 saturated heterocycles. The first-order valence-corrected chi connectivity index (χ1v) is 8.37. The van der Waals surface area contributed by atoms with Crippen molar-refractivity contribution in [2.45, 2.75) is 38.4 Å². The van der Waals surface area contributed by atoms with Gasteiger partial charge in [0, 0.05) is 11.9 Å². The summed E-state index contributed by atoms with van der Waals surface area (Å²) in [6, 6.07) is 8.13. The third-order valence-corrected chi connectivity index (χ3v) is 3.64. The van der Waals surface area contributed by atoms with E-state index in [0.717, 1.165) is 10.6 Å². The summed E-state index contributed by atoms with van der Waals surface area (Å²) in [7, 11) is 1.44. The minimum atomic E-state index is -4.21. The van der Waals surface area contributed by atoms with Crippen LogP contribution in [0.2, 0.25) is 0 Å². The summed E-state index contributed by atoms with van der Waals surface area (Å²) in [6.07, 6.45) is -2.34. The average molecular weight is 396 g/mol. The van der Waals surface area contributed by atoms with Crippen LogP contribution < -0.4 is 10.1 Å². The van der Waals surface area contributed by atoms with Crippen LogP contribution in [-0.2, 0) is 9.53 Å². The van der Waals surface area contributed by atoms with Gasteiger partial charge in [-0.25, -0.2) is 4.79 Å². The summed E-state index contributed by atoms with van der Waals surface area (Å²) in [5.41, 5.74) is -1.23. The number of carbonyl (C=O) groups is 2. The Morgan fingerprint density at radius 1 is 1.14 bits per heavy atom. The lowest BCUT2D eigenvalue weighted by atomic mass is 10.1. The van der Waals surface area contributed by atoms with Crippen molar-refractivity contribution < 1.29 is 33.0 Å². The molecule has 1 aromatic heterocycles. The van der Waals surface area contributed by atoms with Crippen LogP contribution in [0.25, 0.3) is 0 Å². The van der Waals surface area contributed by atoms with Gasteiger partial charge in [0.2, 0.25) is 0 Å². The highest BCUT2D eigenvalue weighted by Gasteiger charge is 2.49. The molecule has 0 aliphatic rings. The maximum absolute atomic E-state index is 14.5. The number of aliphatic hydroxyl groups excluding tert-OH is 1. The number of hydrogen-bond donors (Lipinski definition) is 2. The fraction of sp³-hybridized carbons (Fsp3) is 0.368. The summed E-state index contributed by atoms with van der Waals surface area (Å²) in [5.74, 6) is -5.44. The molecule has 1 amide bonds. The van der Waals surface area contributed by atoms with Crippen LogP contribution in [-0.4, -0.2) is 40.3 Å². The van der Waals surface area contributed by atoms with Crippen LogP contribution in [0.15, 0.2) is 42.6 Å². The normalized spacial score (nSPS) is 13.0. The number of aliphatic hydroxyl groups is 1. The Morgan fingerprint density at radius 3 is 2.29 bits per heavy atom. The average Bonchev–Trinajstić information content (AvgIpc) is 3.10. The number of hydrogen-bond acceptors (Lipinski definition) is 5. The summed E-state index contributed by atoms with van der Waals surface area (Å²) in [4.78, 5) is 24.2. The van der Waals surface area contributed by atoms with Crippen molar-refractivity contribution in [3.63, 3.8) is 0 Å². The van der Waals surface area contributed by atoms with Crippen molar-refractivity contribution in [2.75, 3.05) is 12.4 Å². The van der Waals surface area contributed by atoms with Gasteiger partial charge in [-0.15, -0.1) is 0 Å². The van der Waals surface area contributed by atoms with E-state index in [4.69, 9.17) is 9.47 Å². The first-order chi connectivity index (χ1) is 13.0. The van der Waals surface area contributed by atoms with Crippen LogP contribution in [0.1, 0.15) is 32.6 Å². The highest BCUT2D eigenvalue weighted by Crippen LogP contribution is 2.33. The molecule has 2 aromatic rings. The summed E-state index contributed by atoms with van der Waals surface area (Å²) in [6.45, 7) is 4.84. The maximum Gasteiger partial charge on any atom is 0.418 e. The van der Waals surface area contributed by atoms with Crippen LogP contribution in [0.5, 0.6) is 5.75 Å². The zero-order valence-electron chi connectivity index (χ0n) is 15.9. The molecule has 1 atom stereocenters. The molecule has 0 saturated carbocycles. The maximum atomic E-state index is 14.5. The molecule has 0 aliphatic heterocycles. The van der Waals surface area contributed by atoms with E-state index >= 15 is 0 Å². The molecule has 0 radical (unpaired) electrons. The van der Waals surface area contributed by atoms with Crippen molar-refractivity contribution in [3.8, 4) is 5.75 Å². The number of methoxy groups -OCH3 is 1. The molecular weight excluding hydrogens is 374 g/mol. The Hall–Kier alpha value is -2.94. The predicted octanol–water partition coefficient (Wildman–Crippen LogP) is 3.59. The number of rotatable bonds is 5. The highest BCUT2D eigenvalue weighted by molar-refractivity contribution is 5.96. The van der Waals surface area contributed by atoms with Crippen LogP contribution >= 0.6 is 0 Å². The Kier molecular flexibility index (Phi) is 6.08. The molecule has 28 heavy (non-hydrogen) atoms. The van der Waals surface area contributed by atoms with Crippen molar-refractivity contribution in [3.05, 3.63) is 48.3 Å². The third-order valence-electron chi connectivity index (χ3n) is 3.64. The molecule has 9 heteroatoms. The van der Waals surface area contributed by atoms with E-state index in [1.807, 2.05) is 5.32 Å². The largest absolute Gasteiger partial charge is 0.497 e. The predicted molar refractivity (Wildman–Crippen MR) is 97.6 cm³/mol. The number of aromatic nitrogens is 1. The fourth-order valence-electron chi connectivity index (χ4n) is 2.29. The van der Waals surface area contributed by atoms with Gasteiger partial charge in [-0.1, -0.05) is 0 Å². The smallest absolute Gasteiger partial charge is 0.418 e. The first-order valence-electron chi connectivity index (χ1n) is 8.37. The second-order valence-electron chi connectivity index (χ2n) is 6.99. The molecule has 0 bridgehead atoms. The number of nitrogens with zero attached hydrogens (tertiary/aromatic N) is 1. The van der Waals surface area contributed by atoms with Gasteiger partial charge in [0.15, 0.2) is 6.10 Å². The van der Waals surface area contributed by atoms with Gasteiger partial charge < -0.3 is 19.9 Å². The molecule has 2 N–H and O–H groups in total. The Labute approximate surface area is 160 Å². The van der Waals surface area contributed by atoms with Gasteiger partial charge >= 0.3 is 12.0 Å². The molecule has 2 rings (SSSR count). The zero-order valence-corrected chi connectivity index (χ0v) is 15.9. The van der Waals surface area contributed by atoms with E-state index in [9.17, 15) is 23.5 Å². The fourth-order valence-corrected chi connectivity index (χ4v) is 2.29. The van der Waals surface area contributed by atoms with E-state index < -0.39 is 35.3 Å². The van der Waals surface area contributed by atoms with Crippen LogP contribution in [0, 0.1) is 0 Å². The quantitative estimate of drug-likeness (QED) is 0.806. The van der Waals surface area contributed by atoms with Crippen molar-refractivity contribution in [1.82, 2.24) is 4.57 Å². The van der Waals surface area contributed by atoms with E-state index in [0.29, 0.717) is 5.75 Å². The lowest BCUT2D eigenvalue weighted by molar-refractivity contribution is -0.159. The second-order valence-corrected chi connectivity index (χ2v) is 6.99. The Balaban J connectivity index is 2.19. The molecule has 0 aliphatic carbocycles. The summed E-state index contributed by atoms with van der Waals surface area (Å²) < 4.78 is 39.9. The number of nitrogens with one attached hydrogen (secondary N) is 1. The lowest BCUT2D eigenvalue weighted by Crippen LogP contribution is -2.41. The van der Waals surface area contributed by atoms with E-state index in [1.54, 1.807) is 20.8 Å².